The highest BCUT2D eigenvalue weighted by molar-refractivity contribution is 7.17. The van der Waals surface area contributed by atoms with Gasteiger partial charge in [0.1, 0.15) is 22.4 Å². The first kappa shape index (κ1) is 17.2. The van der Waals surface area contributed by atoms with Crippen LogP contribution in [0.4, 0.5) is 0 Å². The van der Waals surface area contributed by atoms with Crippen molar-refractivity contribution in [3.8, 4) is 16.9 Å². The normalized spacial score (nSPS) is 12.3. The lowest BCUT2D eigenvalue weighted by Gasteiger charge is -2.14. The zero-order valence-electron chi connectivity index (χ0n) is 14.4. The molecule has 130 valence electrons. The Morgan fingerprint density at radius 3 is 2.68 bits per heavy atom. The Kier molecular flexibility index (Phi) is 4.34. The highest BCUT2D eigenvalue weighted by Gasteiger charge is 2.23. The summed E-state index contributed by atoms with van der Waals surface area (Å²) in [5.41, 5.74) is 2.20. The summed E-state index contributed by atoms with van der Waals surface area (Å²) in [7, 11) is 1.58. The zero-order chi connectivity index (χ0) is 18.3. The maximum absolute atomic E-state index is 13.1. The molecule has 1 atom stereocenters. The Balaban J connectivity index is 2.37. The number of hydrogen-bond acceptors (Lipinski definition) is 5. The van der Waals surface area contributed by atoms with E-state index < -0.39 is 12.0 Å². The molecule has 2 heterocycles. The van der Waals surface area contributed by atoms with Gasteiger partial charge in [-0.1, -0.05) is 11.6 Å². The van der Waals surface area contributed by atoms with E-state index in [2.05, 4.69) is 4.98 Å². The molecule has 1 unspecified atom stereocenters. The molecular formula is C18H18N2O4S. The molecule has 3 aromatic rings. The van der Waals surface area contributed by atoms with Gasteiger partial charge in [-0.3, -0.25) is 9.36 Å². The van der Waals surface area contributed by atoms with E-state index in [1.165, 1.54) is 22.8 Å². The minimum Gasteiger partial charge on any atom is -0.496 e. The minimum atomic E-state index is -1.07. The largest absolute Gasteiger partial charge is 0.496 e. The molecule has 0 saturated carbocycles. The van der Waals surface area contributed by atoms with E-state index in [4.69, 9.17) is 4.74 Å². The average molecular weight is 358 g/mol. The molecule has 2 aromatic heterocycles. The lowest BCUT2D eigenvalue weighted by Crippen LogP contribution is -2.30. The summed E-state index contributed by atoms with van der Waals surface area (Å²) in [5.74, 6) is -0.0311. The van der Waals surface area contributed by atoms with Gasteiger partial charge in [0.2, 0.25) is 0 Å². The molecule has 7 heteroatoms. The number of benzene rings is 1. The highest BCUT2D eigenvalue weighted by Crippen LogP contribution is 2.37. The number of thiophene rings is 1. The average Bonchev–Trinajstić information content (AvgIpc) is 2.98. The van der Waals surface area contributed by atoms with Gasteiger partial charge in [0.05, 0.1) is 12.5 Å². The molecule has 0 radical (unpaired) electrons. The van der Waals surface area contributed by atoms with E-state index in [0.717, 1.165) is 11.1 Å². The molecule has 0 amide bonds. The lowest BCUT2D eigenvalue weighted by atomic mass is 10.0. The lowest BCUT2D eigenvalue weighted by molar-refractivity contribution is -0.140. The van der Waals surface area contributed by atoms with Crippen LogP contribution >= 0.6 is 11.3 Å². The fraction of sp³-hybridized carbons (Fsp3) is 0.278. The Bertz CT molecular complexity index is 1040. The Morgan fingerprint density at radius 2 is 2.04 bits per heavy atom. The maximum Gasteiger partial charge on any atom is 0.326 e. The number of fused-ring (bicyclic) bond motifs is 1. The number of ether oxygens (including phenoxy) is 1. The predicted octanol–water partition coefficient (Wildman–Crippen LogP) is 3.40. The minimum absolute atomic E-state index is 0.350. The number of carboxylic acid groups (broad SMARTS) is 1. The monoisotopic (exact) mass is 358 g/mol. The van der Waals surface area contributed by atoms with Crippen LogP contribution in [0.2, 0.25) is 0 Å². The maximum atomic E-state index is 13.1. The van der Waals surface area contributed by atoms with E-state index in [1.54, 1.807) is 14.0 Å². The molecule has 25 heavy (non-hydrogen) atoms. The number of aromatic nitrogens is 2. The first-order valence-corrected chi connectivity index (χ1v) is 8.61. The van der Waals surface area contributed by atoms with Crippen LogP contribution in [0.25, 0.3) is 21.3 Å². The van der Waals surface area contributed by atoms with Crippen molar-refractivity contribution >= 4 is 27.5 Å². The predicted molar refractivity (Wildman–Crippen MR) is 97.7 cm³/mol. The van der Waals surface area contributed by atoms with Crippen LogP contribution in [-0.4, -0.2) is 27.7 Å². The molecular weight excluding hydrogens is 340 g/mol. The Morgan fingerprint density at radius 1 is 1.32 bits per heavy atom. The van der Waals surface area contributed by atoms with Gasteiger partial charge in [0.15, 0.2) is 0 Å². The van der Waals surface area contributed by atoms with Gasteiger partial charge in [0.25, 0.3) is 5.56 Å². The topological polar surface area (TPSA) is 81.4 Å². The van der Waals surface area contributed by atoms with Crippen LogP contribution in [0.3, 0.4) is 0 Å². The number of rotatable bonds is 4. The third-order valence-electron chi connectivity index (χ3n) is 4.21. The number of aliphatic carboxylic acids is 1. The second-order valence-corrected chi connectivity index (χ2v) is 6.74. The zero-order valence-corrected chi connectivity index (χ0v) is 15.2. The van der Waals surface area contributed by atoms with Crippen molar-refractivity contribution < 1.29 is 14.6 Å². The van der Waals surface area contributed by atoms with E-state index in [0.29, 0.717) is 27.4 Å². The molecule has 1 N–H and O–H groups in total. The van der Waals surface area contributed by atoms with Gasteiger partial charge in [-0.2, -0.15) is 0 Å². The molecule has 0 aliphatic heterocycles. The standard InChI is InChI=1S/C18H18N2O4S/c1-9-5-6-14(24-4)12(7-9)13-8-25-16-15(13)17(21)20(11(3)19-16)10(2)18(22)23/h5-8,10H,1-4H3,(H,22,23). The van der Waals surface area contributed by atoms with Gasteiger partial charge in [0, 0.05) is 16.5 Å². The van der Waals surface area contributed by atoms with Gasteiger partial charge >= 0.3 is 5.97 Å². The van der Waals surface area contributed by atoms with E-state index >= 15 is 0 Å². The molecule has 0 aliphatic rings. The Hall–Kier alpha value is -2.67. The third kappa shape index (κ3) is 2.80. The van der Waals surface area contributed by atoms with Gasteiger partial charge in [-0.05, 0) is 32.9 Å². The first-order chi connectivity index (χ1) is 11.8. The van der Waals surface area contributed by atoms with Crippen molar-refractivity contribution in [2.45, 2.75) is 26.8 Å². The number of hydrogen-bond donors (Lipinski definition) is 1. The summed E-state index contributed by atoms with van der Waals surface area (Å²) in [6, 6.07) is 4.75. The van der Waals surface area contributed by atoms with Crippen LogP contribution in [0, 0.1) is 13.8 Å². The van der Waals surface area contributed by atoms with Crippen LogP contribution < -0.4 is 10.3 Å². The van der Waals surface area contributed by atoms with Gasteiger partial charge in [-0.15, -0.1) is 11.3 Å². The number of aryl methyl sites for hydroxylation is 2. The quantitative estimate of drug-likeness (QED) is 0.773. The molecule has 0 fully saturated rings. The fourth-order valence-electron chi connectivity index (χ4n) is 2.90. The van der Waals surface area contributed by atoms with Crippen LogP contribution in [0.5, 0.6) is 5.75 Å². The molecule has 3 rings (SSSR count). The summed E-state index contributed by atoms with van der Waals surface area (Å²) < 4.78 is 6.66. The molecule has 0 spiro atoms. The van der Waals surface area contributed by atoms with Crippen molar-refractivity contribution in [3.63, 3.8) is 0 Å². The SMILES string of the molecule is COc1ccc(C)cc1-c1csc2nc(C)n(C(C)C(=O)O)c(=O)c12. The van der Waals surface area contributed by atoms with Crippen molar-refractivity contribution in [1.82, 2.24) is 9.55 Å². The fourth-order valence-corrected chi connectivity index (χ4v) is 3.88. The molecule has 0 saturated heterocycles. The van der Waals surface area contributed by atoms with Crippen molar-refractivity contribution in [1.29, 1.82) is 0 Å². The van der Waals surface area contributed by atoms with Gasteiger partial charge < -0.3 is 9.84 Å². The molecule has 0 aliphatic carbocycles. The second kappa shape index (κ2) is 6.33. The Labute approximate surface area is 148 Å². The van der Waals surface area contributed by atoms with E-state index in [-0.39, 0.29) is 5.56 Å². The number of nitrogens with zero attached hydrogens (tertiary/aromatic N) is 2. The molecule has 0 bridgehead atoms. The summed E-state index contributed by atoms with van der Waals surface area (Å²) in [6.45, 7) is 5.08. The molecule has 6 nitrogen and oxygen atoms in total. The second-order valence-electron chi connectivity index (χ2n) is 5.88. The number of methoxy groups -OCH3 is 1. The van der Waals surface area contributed by atoms with Crippen molar-refractivity contribution in [2.75, 3.05) is 7.11 Å². The smallest absolute Gasteiger partial charge is 0.326 e. The first-order valence-electron chi connectivity index (χ1n) is 7.73. The summed E-state index contributed by atoms with van der Waals surface area (Å²) in [5, 5.41) is 11.6. The van der Waals surface area contributed by atoms with E-state index in [1.807, 2.05) is 30.5 Å². The van der Waals surface area contributed by atoms with Crippen LogP contribution in [-0.2, 0) is 4.79 Å². The third-order valence-corrected chi connectivity index (χ3v) is 5.08. The summed E-state index contributed by atoms with van der Waals surface area (Å²) in [6.07, 6.45) is 0. The molecule has 1 aromatic carbocycles. The highest BCUT2D eigenvalue weighted by atomic mass is 32.1. The van der Waals surface area contributed by atoms with E-state index in [9.17, 15) is 14.7 Å². The number of carboxylic acids is 1. The van der Waals surface area contributed by atoms with Crippen molar-refractivity contribution in [3.05, 3.63) is 45.3 Å². The van der Waals surface area contributed by atoms with Crippen LogP contribution in [0.15, 0.2) is 28.4 Å². The summed E-state index contributed by atoms with van der Waals surface area (Å²) >= 11 is 1.36. The van der Waals surface area contributed by atoms with Crippen LogP contribution in [0.1, 0.15) is 24.4 Å². The summed E-state index contributed by atoms with van der Waals surface area (Å²) in [4.78, 5) is 29.5. The van der Waals surface area contributed by atoms with Gasteiger partial charge in [-0.25, -0.2) is 9.78 Å². The van der Waals surface area contributed by atoms with Crippen molar-refractivity contribution in [2.24, 2.45) is 0 Å². The number of carbonyl (C=O) groups is 1.